The smallest absolute Gasteiger partial charge is 0.317 e. The summed E-state index contributed by atoms with van der Waals surface area (Å²) in [6.07, 6.45) is 0.00612. The molecule has 1 unspecified atom stereocenters. The molecule has 0 radical (unpaired) electrons. The number of nitrogens with zero attached hydrogens (tertiary/aromatic N) is 2. The second-order valence-corrected chi connectivity index (χ2v) is 3.93. The second-order valence-electron chi connectivity index (χ2n) is 3.93. The van der Waals surface area contributed by atoms with E-state index in [2.05, 4.69) is 5.32 Å². The summed E-state index contributed by atoms with van der Waals surface area (Å²) in [7, 11) is 3.83. The molecule has 1 rings (SSSR count). The summed E-state index contributed by atoms with van der Waals surface area (Å²) in [5, 5.41) is 11.3. The maximum atomic E-state index is 11.4. The van der Waals surface area contributed by atoms with Gasteiger partial charge in [0, 0.05) is 19.6 Å². The van der Waals surface area contributed by atoms with Crippen LogP contribution in [0.1, 0.15) is 6.42 Å². The third-order valence-corrected chi connectivity index (χ3v) is 2.39. The Kier molecular flexibility index (Phi) is 3.90. The summed E-state index contributed by atoms with van der Waals surface area (Å²) >= 11 is 0. The fourth-order valence-electron chi connectivity index (χ4n) is 1.56. The molecule has 86 valence electrons. The van der Waals surface area contributed by atoms with Crippen LogP contribution in [0.25, 0.3) is 0 Å². The fourth-order valence-corrected chi connectivity index (χ4v) is 1.56. The van der Waals surface area contributed by atoms with E-state index in [0.29, 0.717) is 13.1 Å². The van der Waals surface area contributed by atoms with Crippen molar-refractivity contribution >= 4 is 12.0 Å². The highest BCUT2D eigenvalue weighted by atomic mass is 16.4. The minimum absolute atomic E-state index is 0.00612. The van der Waals surface area contributed by atoms with Crippen LogP contribution < -0.4 is 5.32 Å². The lowest BCUT2D eigenvalue weighted by Crippen LogP contribution is -2.40. The monoisotopic (exact) mass is 215 g/mol. The predicted molar refractivity (Wildman–Crippen MR) is 54.7 cm³/mol. The Labute approximate surface area is 88.8 Å². The first-order valence-electron chi connectivity index (χ1n) is 4.91. The fraction of sp³-hybridized carbons (Fsp3) is 0.778. The van der Waals surface area contributed by atoms with Gasteiger partial charge in [0.15, 0.2) is 0 Å². The minimum Gasteiger partial charge on any atom is -0.481 e. The molecule has 0 aromatic carbocycles. The van der Waals surface area contributed by atoms with Gasteiger partial charge in [0.25, 0.3) is 0 Å². The first-order chi connectivity index (χ1) is 7.00. The highest BCUT2D eigenvalue weighted by molar-refractivity contribution is 5.78. The van der Waals surface area contributed by atoms with Gasteiger partial charge in [-0.15, -0.1) is 0 Å². The molecule has 0 aromatic rings. The molecule has 0 aliphatic carbocycles. The number of carbonyl (C=O) groups excluding carboxylic acids is 1. The van der Waals surface area contributed by atoms with Crippen LogP contribution in [0.4, 0.5) is 4.79 Å². The molecule has 0 saturated carbocycles. The molecule has 1 atom stereocenters. The summed E-state index contributed by atoms with van der Waals surface area (Å²) in [6.45, 7) is 1.74. The Balaban J connectivity index is 2.49. The van der Waals surface area contributed by atoms with Crippen molar-refractivity contribution in [3.63, 3.8) is 0 Å². The lowest BCUT2D eigenvalue weighted by atomic mass is 10.2. The molecule has 0 aromatic heterocycles. The highest BCUT2D eigenvalue weighted by Crippen LogP contribution is 2.10. The molecule has 2 amide bonds. The van der Waals surface area contributed by atoms with Gasteiger partial charge in [-0.3, -0.25) is 4.79 Å². The van der Waals surface area contributed by atoms with Gasteiger partial charge in [-0.25, -0.2) is 4.79 Å². The molecule has 1 aliphatic rings. The van der Waals surface area contributed by atoms with E-state index in [1.165, 1.54) is 0 Å². The Morgan fingerprint density at radius 3 is 2.87 bits per heavy atom. The van der Waals surface area contributed by atoms with Crippen LogP contribution in [0.5, 0.6) is 0 Å². The van der Waals surface area contributed by atoms with Gasteiger partial charge in [-0.1, -0.05) is 0 Å². The van der Waals surface area contributed by atoms with Crippen LogP contribution >= 0.6 is 0 Å². The van der Waals surface area contributed by atoms with Crippen LogP contribution in [0, 0.1) is 0 Å². The number of hydrogen-bond donors (Lipinski definition) is 2. The van der Waals surface area contributed by atoms with Gasteiger partial charge in [-0.2, -0.15) is 0 Å². The first-order valence-corrected chi connectivity index (χ1v) is 4.91. The second kappa shape index (κ2) is 4.97. The Morgan fingerprint density at radius 1 is 1.67 bits per heavy atom. The topological polar surface area (TPSA) is 72.9 Å². The van der Waals surface area contributed by atoms with Gasteiger partial charge in [0.05, 0.1) is 12.5 Å². The Hall–Kier alpha value is -1.30. The zero-order valence-electron chi connectivity index (χ0n) is 9.06. The Morgan fingerprint density at radius 2 is 2.33 bits per heavy atom. The van der Waals surface area contributed by atoms with Gasteiger partial charge in [-0.05, 0) is 14.1 Å². The third kappa shape index (κ3) is 3.39. The molecular weight excluding hydrogens is 198 g/mol. The van der Waals surface area contributed by atoms with Crippen LogP contribution in [0.2, 0.25) is 0 Å². The van der Waals surface area contributed by atoms with Gasteiger partial charge < -0.3 is 20.2 Å². The number of urea groups is 1. The summed E-state index contributed by atoms with van der Waals surface area (Å²) < 4.78 is 0. The molecule has 0 spiro atoms. The average Bonchev–Trinajstić information content (AvgIpc) is 2.43. The molecule has 6 nitrogen and oxygen atoms in total. The number of carboxylic acid groups (broad SMARTS) is 1. The van der Waals surface area contributed by atoms with Crippen molar-refractivity contribution in [2.45, 2.75) is 12.5 Å². The first kappa shape index (κ1) is 11.8. The number of nitrogens with one attached hydrogen (secondary N) is 1. The summed E-state index contributed by atoms with van der Waals surface area (Å²) in [4.78, 5) is 25.5. The van der Waals surface area contributed by atoms with E-state index in [1.807, 2.05) is 19.0 Å². The van der Waals surface area contributed by atoms with E-state index in [1.54, 1.807) is 4.90 Å². The van der Waals surface area contributed by atoms with E-state index in [9.17, 15) is 9.59 Å². The molecule has 0 bridgehead atoms. The predicted octanol–water partition coefficient (Wildman–Crippen LogP) is -0.583. The lowest BCUT2D eigenvalue weighted by Gasteiger charge is -2.23. The number of carboxylic acids is 1. The molecular formula is C9H17N3O3. The van der Waals surface area contributed by atoms with Crippen molar-refractivity contribution in [1.82, 2.24) is 15.1 Å². The van der Waals surface area contributed by atoms with Crippen molar-refractivity contribution in [3.05, 3.63) is 0 Å². The normalized spacial score (nSPS) is 20.9. The standard InChI is InChI=1S/C9H17N3O3/c1-11(2)3-4-12-7(5-8(13)14)6-10-9(12)15/h7H,3-6H2,1-2H3,(H,10,15)(H,13,14). The zero-order chi connectivity index (χ0) is 11.4. The largest absolute Gasteiger partial charge is 0.481 e. The van der Waals surface area contributed by atoms with Crippen LogP contribution in [-0.2, 0) is 4.79 Å². The molecule has 1 fully saturated rings. The van der Waals surface area contributed by atoms with E-state index >= 15 is 0 Å². The lowest BCUT2D eigenvalue weighted by molar-refractivity contribution is -0.137. The average molecular weight is 215 g/mol. The van der Waals surface area contributed by atoms with E-state index in [4.69, 9.17) is 5.11 Å². The summed E-state index contributed by atoms with van der Waals surface area (Å²) in [6, 6.07) is -0.377. The van der Waals surface area contributed by atoms with E-state index in [0.717, 1.165) is 6.54 Å². The number of aliphatic carboxylic acids is 1. The molecule has 1 heterocycles. The summed E-state index contributed by atoms with van der Waals surface area (Å²) in [5.41, 5.74) is 0. The van der Waals surface area contributed by atoms with Gasteiger partial charge in [0.1, 0.15) is 0 Å². The van der Waals surface area contributed by atoms with Crippen LogP contribution in [0.15, 0.2) is 0 Å². The van der Waals surface area contributed by atoms with E-state index < -0.39 is 5.97 Å². The van der Waals surface area contributed by atoms with E-state index in [-0.39, 0.29) is 18.5 Å². The number of rotatable bonds is 5. The van der Waals surface area contributed by atoms with Crippen molar-refractivity contribution < 1.29 is 14.7 Å². The molecule has 6 heteroatoms. The van der Waals surface area contributed by atoms with Crippen LogP contribution in [0.3, 0.4) is 0 Å². The van der Waals surface area contributed by atoms with Crippen LogP contribution in [-0.4, -0.2) is 66.7 Å². The maximum Gasteiger partial charge on any atom is 0.317 e. The van der Waals surface area contributed by atoms with Crippen molar-refractivity contribution in [3.8, 4) is 0 Å². The molecule has 2 N–H and O–H groups in total. The quantitative estimate of drug-likeness (QED) is 0.643. The van der Waals surface area contributed by atoms with Crippen molar-refractivity contribution in [1.29, 1.82) is 0 Å². The molecule has 15 heavy (non-hydrogen) atoms. The number of hydrogen-bond acceptors (Lipinski definition) is 3. The minimum atomic E-state index is -0.869. The number of carbonyl (C=O) groups is 2. The highest BCUT2D eigenvalue weighted by Gasteiger charge is 2.31. The Bertz CT molecular complexity index is 255. The zero-order valence-corrected chi connectivity index (χ0v) is 9.06. The maximum absolute atomic E-state index is 11.4. The third-order valence-electron chi connectivity index (χ3n) is 2.39. The van der Waals surface area contributed by atoms with Gasteiger partial charge in [0.2, 0.25) is 0 Å². The van der Waals surface area contributed by atoms with Crippen molar-refractivity contribution in [2.75, 3.05) is 33.7 Å². The van der Waals surface area contributed by atoms with Crippen molar-refractivity contribution in [2.24, 2.45) is 0 Å². The molecule has 1 aliphatic heterocycles. The number of likely N-dealkylation sites (N-methyl/N-ethyl adjacent to an activating group) is 1. The summed E-state index contributed by atoms with van der Waals surface area (Å²) in [5.74, 6) is -0.869. The molecule has 1 saturated heterocycles. The number of amides is 2. The van der Waals surface area contributed by atoms with Gasteiger partial charge >= 0.3 is 12.0 Å². The SMILES string of the molecule is CN(C)CCN1C(=O)NCC1CC(=O)O.